The number of nitrogens with zero attached hydrogens (tertiary/aromatic N) is 2. The first-order valence-electron chi connectivity index (χ1n) is 7.56. The highest BCUT2D eigenvalue weighted by Crippen LogP contribution is 2.27. The number of anilines is 1. The maximum Gasteiger partial charge on any atom is 0.128 e. The van der Waals surface area contributed by atoms with E-state index in [4.69, 9.17) is 0 Å². The Labute approximate surface area is 117 Å². The minimum Gasteiger partial charge on any atom is -0.356 e. The van der Waals surface area contributed by atoms with Gasteiger partial charge in [-0.15, -0.1) is 0 Å². The fraction of sp³-hybridized carbons (Fsp3) is 0.688. The quantitative estimate of drug-likeness (QED) is 0.902. The zero-order valence-electron chi connectivity index (χ0n) is 12.7. The smallest absolute Gasteiger partial charge is 0.128 e. The van der Waals surface area contributed by atoms with Gasteiger partial charge in [0.1, 0.15) is 5.82 Å². The Morgan fingerprint density at radius 2 is 2.21 bits per heavy atom. The van der Waals surface area contributed by atoms with Crippen LogP contribution < -0.4 is 10.2 Å². The van der Waals surface area contributed by atoms with Crippen molar-refractivity contribution >= 4 is 5.82 Å². The van der Waals surface area contributed by atoms with Crippen LogP contribution in [-0.2, 0) is 0 Å². The second-order valence-electron chi connectivity index (χ2n) is 5.92. The van der Waals surface area contributed by atoms with E-state index < -0.39 is 0 Å². The zero-order valence-corrected chi connectivity index (χ0v) is 12.7. The van der Waals surface area contributed by atoms with Gasteiger partial charge in [-0.1, -0.05) is 20.8 Å². The maximum absolute atomic E-state index is 4.56. The summed E-state index contributed by atoms with van der Waals surface area (Å²) in [5.41, 5.74) is 1.33. The van der Waals surface area contributed by atoms with E-state index in [1.54, 1.807) is 0 Å². The number of rotatable bonds is 4. The van der Waals surface area contributed by atoms with Crippen molar-refractivity contribution in [1.29, 1.82) is 0 Å². The van der Waals surface area contributed by atoms with Gasteiger partial charge in [-0.3, -0.25) is 0 Å². The van der Waals surface area contributed by atoms with Crippen LogP contribution in [0.4, 0.5) is 5.82 Å². The third-order valence-electron chi connectivity index (χ3n) is 4.44. The molecule has 0 aromatic carbocycles. The lowest BCUT2D eigenvalue weighted by Gasteiger charge is -2.36. The third-order valence-corrected chi connectivity index (χ3v) is 4.44. The zero-order chi connectivity index (χ0) is 13.8. The first kappa shape index (κ1) is 14.3. The molecular formula is C16H27N3. The molecule has 1 aliphatic rings. The van der Waals surface area contributed by atoms with Gasteiger partial charge in [-0.25, -0.2) is 4.98 Å². The van der Waals surface area contributed by atoms with E-state index in [1.807, 2.05) is 6.20 Å². The van der Waals surface area contributed by atoms with Crippen molar-refractivity contribution < 1.29 is 0 Å². The van der Waals surface area contributed by atoms with Crippen molar-refractivity contribution in [3.8, 4) is 0 Å². The molecule has 3 atom stereocenters. The molecule has 1 N–H and O–H groups in total. The van der Waals surface area contributed by atoms with Crippen LogP contribution in [0.25, 0.3) is 0 Å². The minimum atomic E-state index is 0.396. The molecule has 19 heavy (non-hydrogen) atoms. The highest BCUT2D eigenvalue weighted by atomic mass is 15.2. The Bertz CT molecular complexity index is 405. The number of piperidine rings is 1. The fourth-order valence-electron chi connectivity index (χ4n) is 2.77. The third kappa shape index (κ3) is 3.47. The van der Waals surface area contributed by atoms with Crippen LogP contribution in [0, 0.1) is 11.8 Å². The van der Waals surface area contributed by atoms with Crippen molar-refractivity contribution in [3.63, 3.8) is 0 Å². The lowest BCUT2D eigenvalue weighted by Crippen LogP contribution is -2.38. The average molecular weight is 261 g/mol. The SMILES string of the molecule is CCNC(C)c1ccnc(N2CCC(C)C(C)C2)c1. The number of pyridine rings is 1. The Balaban J connectivity index is 2.10. The predicted molar refractivity (Wildman–Crippen MR) is 81.5 cm³/mol. The van der Waals surface area contributed by atoms with Gasteiger partial charge in [0.15, 0.2) is 0 Å². The van der Waals surface area contributed by atoms with E-state index in [9.17, 15) is 0 Å². The molecular weight excluding hydrogens is 234 g/mol. The van der Waals surface area contributed by atoms with Crippen molar-refractivity contribution in [1.82, 2.24) is 10.3 Å². The molecule has 0 spiro atoms. The largest absolute Gasteiger partial charge is 0.356 e. The summed E-state index contributed by atoms with van der Waals surface area (Å²) in [6, 6.07) is 4.76. The molecule has 1 fully saturated rings. The summed E-state index contributed by atoms with van der Waals surface area (Å²) >= 11 is 0. The topological polar surface area (TPSA) is 28.2 Å². The average Bonchev–Trinajstić information content (AvgIpc) is 2.42. The molecule has 3 heteroatoms. The molecule has 3 nitrogen and oxygen atoms in total. The fourth-order valence-corrected chi connectivity index (χ4v) is 2.77. The first-order chi connectivity index (χ1) is 9.11. The summed E-state index contributed by atoms with van der Waals surface area (Å²) in [5.74, 6) is 2.73. The maximum atomic E-state index is 4.56. The predicted octanol–water partition coefficient (Wildman–Crippen LogP) is 3.23. The molecule has 0 amide bonds. The van der Waals surface area contributed by atoms with Gasteiger partial charge < -0.3 is 10.2 Å². The highest BCUT2D eigenvalue weighted by Gasteiger charge is 2.23. The Hall–Kier alpha value is -1.09. The molecule has 0 radical (unpaired) electrons. The van der Waals surface area contributed by atoms with Gasteiger partial charge in [0.25, 0.3) is 0 Å². The van der Waals surface area contributed by atoms with Gasteiger partial charge in [-0.05, 0) is 49.4 Å². The number of hydrogen-bond acceptors (Lipinski definition) is 3. The minimum absolute atomic E-state index is 0.396. The summed E-state index contributed by atoms with van der Waals surface area (Å²) in [5, 5.41) is 3.46. The van der Waals surface area contributed by atoms with Crippen LogP contribution in [0.2, 0.25) is 0 Å². The number of nitrogens with one attached hydrogen (secondary N) is 1. The number of hydrogen-bond donors (Lipinski definition) is 1. The molecule has 106 valence electrons. The highest BCUT2D eigenvalue weighted by molar-refractivity contribution is 5.42. The molecule has 1 saturated heterocycles. The van der Waals surface area contributed by atoms with Gasteiger partial charge in [-0.2, -0.15) is 0 Å². The van der Waals surface area contributed by atoms with E-state index in [0.29, 0.717) is 6.04 Å². The summed E-state index contributed by atoms with van der Waals surface area (Å²) < 4.78 is 0. The molecule has 2 heterocycles. The monoisotopic (exact) mass is 261 g/mol. The number of aromatic nitrogens is 1. The summed E-state index contributed by atoms with van der Waals surface area (Å²) in [6.45, 7) is 12.3. The van der Waals surface area contributed by atoms with Crippen LogP contribution in [0.1, 0.15) is 45.7 Å². The van der Waals surface area contributed by atoms with E-state index >= 15 is 0 Å². The van der Waals surface area contributed by atoms with E-state index in [2.05, 4.69) is 55.0 Å². The van der Waals surface area contributed by atoms with Crippen molar-refractivity contribution in [2.75, 3.05) is 24.5 Å². The summed E-state index contributed by atoms with van der Waals surface area (Å²) in [4.78, 5) is 7.00. The molecule has 1 aromatic heterocycles. The Morgan fingerprint density at radius 3 is 2.89 bits per heavy atom. The summed E-state index contributed by atoms with van der Waals surface area (Å²) in [7, 11) is 0. The summed E-state index contributed by atoms with van der Waals surface area (Å²) in [6.07, 6.45) is 3.22. The van der Waals surface area contributed by atoms with Crippen LogP contribution in [0.15, 0.2) is 18.3 Å². The first-order valence-corrected chi connectivity index (χ1v) is 7.56. The van der Waals surface area contributed by atoms with Gasteiger partial charge in [0.05, 0.1) is 0 Å². The van der Waals surface area contributed by atoms with Crippen molar-refractivity contribution in [3.05, 3.63) is 23.9 Å². The molecule has 1 aromatic rings. The lowest BCUT2D eigenvalue weighted by atomic mass is 9.88. The molecule has 2 rings (SSSR count). The molecule has 1 aliphatic heterocycles. The van der Waals surface area contributed by atoms with Crippen LogP contribution in [-0.4, -0.2) is 24.6 Å². The van der Waals surface area contributed by atoms with E-state index in [1.165, 1.54) is 12.0 Å². The Morgan fingerprint density at radius 1 is 1.42 bits per heavy atom. The van der Waals surface area contributed by atoms with Crippen molar-refractivity contribution in [2.24, 2.45) is 11.8 Å². The van der Waals surface area contributed by atoms with Crippen LogP contribution >= 0.6 is 0 Å². The molecule has 0 aliphatic carbocycles. The van der Waals surface area contributed by atoms with Gasteiger partial charge in [0.2, 0.25) is 0 Å². The molecule has 0 saturated carbocycles. The van der Waals surface area contributed by atoms with Crippen molar-refractivity contribution in [2.45, 2.75) is 40.2 Å². The normalized spacial score (nSPS) is 25.4. The van der Waals surface area contributed by atoms with E-state index in [0.717, 1.165) is 37.3 Å². The van der Waals surface area contributed by atoms with Gasteiger partial charge >= 0.3 is 0 Å². The van der Waals surface area contributed by atoms with Crippen LogP contribution in [0.3, 0.4) is 0 Å². The second-order valence-corrected chi connectivity index (χ2v) is 5.92. The lowest BCUT2D eigenvalue weighted by molar-refractivity contribution is 0.322. The van der Waals surface area contributed by atoms with Crippen LogP contribution in [0.5, 0.6) is 0 Å². The van der Waals surface area contributed by atoms with E-state index in [-0.39, 0.29) is 0 Å². The second kappa shape index (κ2) is 6.38. The molecule has 3 unspecified atom stereocenters. The molecule has 0 bridgehead atoms. The Kier molecular flexibility index (Phi) is 4.81. The standard InChI is InChI=1S/C16H27N3/c1-5-17-14(4)15-6-8-18-16(10-15)19-9-7-12(2)13(3)11-19/h6,8,10,12-14,17H,5,7,9,11H2,1-4H3. The van der Waals surface area contributed by atoms with Gasteiger partial charge in [0, 0.05) is 25.3 Å².